The number of rotatable bonds is 7. The summed E-state index contributed by atoms with van der Waals surface area (Å²) >= 11 is 3.48. The van der Waals surface area contributed by atoms with Crippen molar-refractivity contribution in [2.24, 2.45) is 11.7 Å². The van der Waals surface area contributed by atoms with Crippen molar-refractivity contribution >= 4 is 29.0 Å². The molecule has 0 bridgehead atoms. The van der Waals surface area contributed by atoms with Crippen LogP contribution in [0.1, 0.15) is 45.2 Å². The molecule has 1 aliphatic carbocycles. The minimum absolute atomic E-state index is 0.186. The van der Waals surface area contributed by atoms with Gasteiger partial charge in [-0.3, -0.25) is 4.79 Å². The SMILES string of the molecule is Cc1csc(SCCC2CCCC2(NC(C)C)C(N)=O)n1. The molecule has 6 heteroatoms. The molecule has 3 N–H and O–H groups in total. The highest BCUT2D eigenvalue weighted by atomic mass is 32.2. The van der Waals surface area contributed by atoms with Crippen molar-refractivity contribution in [1.29, 1.82) is 0 Å². The molecule has 0 aliphatic heterocycles. The van der Waals surface area contributed by atoms with E-state index in [4.69, 9.17) is 5.73 Å². The van der Waals surface area contributed by atoms with Gasteiger partial charge in [0.1, 0.15) is 9.88 Å². The zero-order chi connectivity index (χ0) is 15.5. The molecule has 0 aromatic carbocycles. The Bertz CT molecular complexity index is 489. The van der Waals surface area contributed by atoms with Crippen LogP contribution in [-0.2, 0) is 4.79 Å². The third-order valence-corrected chi connectivity index (χ3v) is 6.27. The van der Waals surface area contributed by atoms with E-state index in [1.54, 1.807) is 23.1 Å². The van der Waals surface area contributed by atoms with Crippen molar-refractivity contribution in [3.63, 3.8) is 0 Å². The van der Waals surface area contributed by atoms with Crippen LogP contribution >= 0.6 is 23.1 Å². The minimum Gasteiger partial charge on any atom is -0.368 e. The van der Waals surface area contributed by atoms with Crippen molar-refractivity contribution in [2.75, 3.05) is 5.75 Å². The van der Waals surface area contributed by atoms with Crippen molar-refractivity contribution in [1.82, 2.24) is 10.3 Å². The topological polar surface area (TPSA) is 68.0 Å². The summed E-state index contributed by atoms with van der Waals surface area (Å²) < 4.78 is 1.12. The van der Waals surface area contributed by atoms with Gasteiger partial charge < -0.3 is 11.1 Å². The summed E-state index contributed by atoms with van der Waals surface area (Å²) in [6, 6.07) is 0.271. The lowest BCUT2D eigenvalue weighted by molar-refractivity contribution is -0.126. The number of hydrogen-bond acceptors (Lipinski definition) is 5. The lowest BCUT2D eigenvalue weighted by Crippen LogP contribution is -2.60. The van der Waals surface area contributed by atoms with Gasteiger partial charge in [-0.25, -0.2) is 4.98 Å². The number of nitrogens with one attached hydrogen (secondary N) is 1. The maximum Gasteiger partial charge on any atom is 0.238 e. The Morgan fingerprint density at radius 3 is 3.00 bits per heavy atom. The van der Waals surface area contributed by atoms with Crippen LogP contribution in [0, 0.1) is 12.8 Å². The number of aromatic nitrogens is 1. The summed E-state index contributed by atoms with van der Waals surface area (Å²) in [5.41, 5.74) is 6.31. The van der Waals surface area contributed by atoms with Gasteiger partial charge >= 0.3 is 0 Å². The Morgan fingerprint density at radius 2 is 2.43 bits per heavy atom. The molecule has 1 aromatic rings. The average Bonchev–Trinajstić information content (AvgIpc) is 2.97. The second-order valence-corrected chi connectivity index (χ2v) is 8.32. The summed E-state index contributed by atoms with van der Waals surface area (Å²) in [5, 5.41) is 5.54. The molecule has 2 atom stereocenters. The van der Waals surface area contributed by atoms with Crippen LogP contribution in [0.5, 0.6) is 0 Å². The summed E-state index contributed by atoms with van der Waals surface area (Å²) in [7, 11) is 0. The lowest BCUT2D eigenvalue weighted by Gasteiger charge is -2.35. The Hall–Kier alpha value is -0.590. The first kappa shape index (κ1) is 16.8. The van der Waals surface area contributed by atoms with Gasteiger partial charge in [0, 0.05) is 22.9 Å². The predicted molar refractivity (Wildman–Crippen MR) is 89.7 cm³/mol. The molecule has 1 aromatic heterocycles. The van der Waals surface area contributed by atoms with E-state index >= 15 is 0 Å². The molecule has 0 saturated heterocycles. The summed E-state index contributed by atoms with van der Waals surface area (Å²) in [6.07, 6.45) is 4.03. The molecule has 1 saturated carbocycles. The van der Waals surface area contributed by atoms with Crippen LogP contribution in [-0.4, -0.2) is 28.2 Å². The second kappa shape index (κ2) is 7.11. The first-order valence-corrected chi connectivity index (χ1v) is 9.43. The fourth-order valence-corrected chi connectivity index (χ4v) is 5.23. The molecule has 1 aliphatic rings. The van der Waals surface area contributed by atoms with Crippen molar-refractivity contribution in [3.05, 3.63) is 11.1 Å². The second-order valence-electron chi connectivity index (χ2n) is 6.12. The average molecular weight is 328 g/mol. The van der Waals surface area contributed by atoms with E-state index in [9.17, 15) is 4.79 Å². The summed E-state index contributed by atoms with van der Waals surface area (Å²) in [4.78, 5) is 16.5. The molecule has 4 nitrogen and oxygen atoms in total. The maximum absolute atomic E-state index is 12.0. The number of carbonyl (C=O) groups is 1. The van der Waals surface area contributed by atoms with Crippen LogP contribution in [0.3, 0.4) is 0 Å². The van der Waals surface area contributed by atoms with Crippen LogP contribution in [0.2, 0.25) is 0 Å². The zero-order valence-corrected chi connectivity index (χ0v) is 14.6. The number of carbonyl (C=O) groups excluding carboxylic acids is 1. The molecular weight excluding hydrogens is 302 g/mol. The van der Waals surface area contributed by atoms with E-state index in [0.717, 1.165) is 41.5 Å². The van der Waals surface area contributed by atoms with Gasteiger partial charge in [0.15, 0.2) is 0 Å². The molecule has 118 valence electrons. The normalized spacial score (nSPS) is 25.6. The van der Waals surface area contributed by atoms with Crippen molar-refractivity contribution in [2.45, 2.75) is 62.4 Å². The van der Waals surface area contributed by atoms with Gasteiger partial charge in [0.05, 0.1) is 0 Å². The summed E-state index contributed by atoms with van der Waals surface area (Å²) in [6.45, 7) is 6.17. The third kappa shape index (κ3) is 3.99. The van der Waals surface area contributed by atoms with E-state index in [1.807, 2.05) is 6.92 Å². The van der Waals surface area contributed by atoms with Crippen molar-refractivity contribution < 1.29 is 4.79 Å². The van der Waals surface area contributed by atoms with E-state index in [1.165, 1.54) is 0 Å². The third-order valence-electron chi connectivity index (χ3n) is 4.10. The van der Waals surface area contributed by atoms with E-state index < -0.39 is 5.54 Å². The molecule has 21 heavy (non-hydrogen) atoms. The van der Waals surface area contributed by atoms with Crippen LogP contribution in [0.4, 0.5) is 0 Å². The molecule has 2 rings (SSSR count). The largest absolute Gasteiger partial charge is 0.368 e. The van der Waals surface area contributed by atoms with Crippen LogP contribution < -0.4 is 11.1 Å². The van der Waals surface area contributed by atoms with Gasteiger partial charge in [0.2, 0.25) is 5.91 Å². The predicted octanol–water partition coefficient (Wildman–Crippen LogP) is 2.96. The van der Waals surface area contributed by atoms with Gasteiger partial charge in [-0.2, -0.15) is 0 Å². The van der Waals surface area contributed by atoms with Gasteiger partial charge in [-0.05, 0) is 46.0 Å². The number of nitrogens with zero attached hydrogens (tertiary/aromatic N) is 1. The number of thioether (sulfide) groups is 1. The Morgan fingerprint density at radius 1 is 1.67 bits per heavy atom. The van der Waals surface area contributed by atoms with Gasteiger partial charge in [-0.15, -0.1) is 11.3 Å². The monoisotopic (exact) mass is 327 g/mol. The van der Waals surface area contributed by atoms with Gasteiger partial charge in [0.25, 0.3) is 0 Å². The number of nitrogens with two attached hydrogens (primary N) is 1. The van der Waals surface area contributed by atoms with E-state index in [-0.39, 0.29) is 11.9 Å². The van der Waals surface area contributed by atoms with Crippen LogP contribution in [0.25, 0.3) is 0 Å². The lowest BCUT2D eigenvalue weighted by atomic mass is 9.83. The maximum atomic E-state index is 12.0. The fraction of sp³-hybridized carbons (Fsp3) is 0.733. The number of amides is 1. The number of thiazole rings is 1. The van der Waals surface area contributed by atoms with Crippen LogP contribution in [0.15, 0.2) is 9.72 Å². The standard InChI is InChI=1S/C15H25N3OS2/c1-10(2)18-15(13(16)19)7-4-5-12(15)6-8-20-14-17-11(3)9-21-14/h9-10,12,18H,4-8H2,1-3H3,(H2,16,19). The molecule has 0 spiro atoms. The molecule has 1 fully saturated rings. The molecule has 1 heterocycles. The minimum atomic E-state index is -0.506. The molecule has 2 unspecified atom stereocenters. The first-order valence-electron chi connectivity index (χ1n) is 7.56. The molecule has 1 amide bonds. The first-order chi connectivity index (χ1) is 9.94. The highest BCUT2D eigenvalue weighted by molar-refractivity contribution is 8.01. The Labute approximate surface area is 135 Å². The highest BCUT2D eigenvalue weighted by Gasteiger charge is 2.47. The number of hydrogen-bond donors (Lipinski definition) is 2. The Kier molecular flexibility index (Phi) is 5.68. The number of primary amides is 1. The molecule has 0 radical (unpaired) electrons. The van der Waals surface area contributed by atoms with Gasteiger partial charge in [-0.1, -0.05) is 18.2 Å². The van der Waals surface area contributed by atoms with E-state index in [0.29, 0.717) is 5.92 Å². The smallest absolute Gasteiger partial charge is 0.238 e. The van der Waals surface area contributed by atoms with Crippen molar-refractivity contribution in [3.8, 4) is 0 Å². The fourth-order valence-electron chi connectivity index (χ4n) is 3.26. The number of aryl methyl sites for hydroxylation is 1. The Balaban J connectivity index is 1.95. The van der Waals surface area contributed by atoms with E-state index in [2.05, 4.69) is 29.5 Å². The molecular formula is C15H25N3OS2. The quantitative estimate of drug-likeness (QED) is 0.756. The zero-order valence-electron chi connectivity index (χ0n) is 13.0. The summed E-state index contributed by atoms with van der Waals surface area (Å²) in [5.74, 6) is 1.15. The highest BCUT2D eigenvalue weighted by Crippen LogP contribution is 2.39.